The highest BCUT2D eigenvalue weighted by Crippen LogP contribution is 2.37. The molecule has 1 aromatic heterocycles. The predicted octanol–water partition coefficient (Wildman–Crippen LogP) is 4.32. The average molecular weight is 317 g/mol. The molecule has 0 aliphatic heterocycles. The molecule has 1 aromatic carbocycles. The molecule has 2 N–H and O–H groups in total. The Morgan fingerprint density at radius 2 is 1.86 bits per heavy atom. The zero-order chi connectivity index (χ0) is 15.5. The molecule has 112 valence electrons. The van der Waals surface area contributed by atoms with Gasteiger partial charge in [0.25, 0.3) is 0 Å². The Hall–Kier alpha value is -2.02. The topological polar surface area (TPSA) is 49.8 Å². The zero-order valence-electron chi connectivity index (χ0n) is 11.0. The van der Waals surface area contributed by atoms with Crippen LogP contribution in [0.15, 0.2) is 30.6 Å². The highest BCUT2D eigenvalue weighted by Gasteiger charge is 2.33. The van der Waals surface area contributed by atoms with Gasteiger partial charge in [-0.15, -0.1) is 0 Å². The number of alkyl halides is 3. The standard InChI is InChI=1S/C13H12ClF3N4/c1-2-18-11-6-12(20-7-19-11)21-10-4-3-8(14)5-9(10)13(15,16)17/h3-7H,2H2,1H3,(H2,18,19,20,21). The van der Waals surface area contributed by atoms with Gasteiger partial charge in [0.1, 0.15) is 18.0 Å². The monoisotopic (exact) mass is 316 g/mol. The van der Waals surface area contributed by atoms with E-state index < -0.39 is 11.7 Å². The summed E-state index contributed by atoms with van der Waals surface area (Å²) < 4.78 is 39.0. The van der Waals surface area contributed by atoms with E-state index in [2.05, 4.69) is 20.6 Å². The fourth-order valence-corrected chi connectivity index (χ4v) is 1.87. The number of aromatic nitrogens is 2. The summed E-state index contributed by atoms with van der Waals surface area (Å²) in [6.07, 6.45) is -3.24. The van der Waals surface area contributed by atoms with Crippen LogP contribution >= 0.6 is 11.6 Å². The van der Waals surface area contributed by atoms with Crippen molar-refractivity contribution in [3.8, 4) is 0 Å². The molecule has 0 bridgehead atoms. The van der Waals surface area contributed by atoms with Gasteiger partial charge in [0.15, 0.2) is 0 Å². The van der Waals surface area contributed by atoms with Crippen LogP contribution in [0, 0.1) is 0 Å². The fourth-order valence-electron chi connectivity index (χ4n) is 1.70. The van der Waals surface area contributed by atoms with E-state index in [0.717, 1.165) is 6.07 Å². The lowest BCUT2D eigenvalue weighted by atomic mass is 10.1. The average Bonchev–Trinajstić information content (AvgIpc) is 2.40. The van der Waals surface area contributed by atoms with E-state index in [1.165, 1.54) is 24.5 Å². The van der Waals surface area contributed by atoms with Gasteiger partial charge in [-0.3, -0.25) is 0 Å². The van der Waals surface area contributed by atoms with E-state index in [4.69, 9.17) is 11.6 Å². The molecule has 0 radical (unpaired) electrons. The van der Waals surface area contributed by atoms with Crippen molar-refractivity contribution in [3.63, 3.8) is 0 Å². The molecule has 0 aliphatic carbocycles. The van der Waals surface area contributed by atoms with Gasteiger partial charge in [-0.2, -0.15) is 13.2 Å². The highest BCUT2D eigenvalue weighted by molar-refractivity contribution is 6.30. The fraction of sp³-hybridized carbons (Fsp3) is 0.231. The normalized spacial score (nSPS) is 11.3. The molecule has 2 aromatic rings. The molecular formula is C13H12ClF3N4. The van der Waals surface area contributed by atoms with Crippen LogP contribution in [-0.2, 0) is 6.18 Å². The molecule has 4 nitrogen and oxygen atoms in total. The van der Waals surface area contributed by atoms with Gasteiger partial charge in [-0.05, 0) is 25.1 Å². The Morgan fingerprint density at radius 1 is 1.14 bits per heavy atom. The molecule has 0 fully saturated rings. The van der Waals surface area contributed by atoms with Crippen molar-refractivity contribution in [1.82, 2.24) is 9.97 Å². The molecule has 0 spiro atoms. The minimum absolute atomic E-state index is 0.0175. The largest absolute Gasteiger partial charge is 0.418 e. The maximum Gasteiger partial charge on any atom is 0.418 e. The van der Waals surface area contributed by atoms with E-state index >= 15 is 0 Å². The quantitative estimate of drug-likeness (QED) is 0.881. The van der Waals surface area contributed by atoms with Crippen LogP contribution in [0.2, 0.25) is 5.02 Å². The van der Waals surface area contributed by atoms with Gasteiger partial charge in [-0.25, -0.2) is 9.97 Å². The van der Waals surface area contributed by atoms with E-state index in [1.54, 1.807) is 0 Å². The van der Waals surface area contributed by atoms with Gasteiger partial charge in [0, 0.05) is 17.6 Å². The van der Waals surface area contributed by atoms with Crippen molar-refractivity contribution in [2.75, 3.05) is 17.2 Å². The summed E-state index contributed by atoms with van der Waals surface area (Å²) in [4.78, 5) is 7.85. The number of rotatable bonds is 4. The van der Waals surface area contributed by atoms with Gasteiger partial charge in [0.2, 0.25) is 0 Å². The van der Waals surface area contributed by atoms with Crippen LogP contribution in [-0.4, -0.2) is 16.5 Å². The Morgan fingerprint density at radius 3 is 2.52 bits per heavy atom. The number of anilines is 3. The number of hydrogen-bond acceptors (Lipinski definition) is 4. The van der Waals surface area contributed by atoms with Gasteiger partial charge in [0.05, 0.1) is 11.3 Å². The SMILES string of the molecule is CCNc1cc(Nc2ccc(Cl)cc2C(F)(F)F)ncn1. The maximum atomic E-state index is 13.0. The third-order valence-electron chi connectivity index (χ3n) is 2.57. The lowest BCUT2D eigenvalue weighted by Crippen LogP contribution is -2.09. The first kappa shape index (κ1) is 15.4. The molecule has 21 heavy (non-hydrogen) atoms. The van der Waals surface area contributed by atoms with E-state index in [9.17, 15) is 13.2 Å². The van der Waals surface area contributed by atoms with Gasteiger partial charge < -0.3 is 10.6 Å². The summed E-state index contributed by atoms with van der Waals surface area (Å²) in [7, 11) is 0. The molecule has 0 saturated heterocycles. The van der Waals surface area contributed by atoms with Gasteiger partial charge >= 0.3 is 6.18 Å². The predicted molar refractivity (Wildman–Crippen MR) is 75.9 cm³/mol. The first-order valence-electron chi connectivity index (χ1n) is 6.10. The van der Waals surface area contributed by atoms with E-state index in [1.807, 2.05) is 6.92 Å². The first-order chi connectivity index (χ1) is 9.90. The lowest BCUT2D eigenvalue weighted by molar-refractivity contribution is -0.136. The Bertz CT molecular complexity index is 631. The van der Waals surface area contributed by atoms with Crippen molar-refractivity contribution in [2.24, 2.45) is 0 Å². The van der Waals surface area contributed by atoms with E-state index in [-0.39, 0.29) is 16.5 Å². The van der Waals surface area contributed by atoms with Crippen molar-refractivity contribution >= 4 is 28.9 Å². The summed E-state index contributed by atoms with van der Waals surface area (Å²) >= 11 is 5.63. The molecule has 0 saturated carbocycles. The summed E-state index contributed by atoms with van der Waals surface area (Å²) in [5, 5.41) is 5.61. The third kappa shape index (κ3) is 3.98. The number of halogens is 4. The molecule has 0 amide bonds. The molecule has 0 atom stereocenters. The second-order valence-electron chi connectivity index (χ2n) is 4.13. The van der Waals surface area contributed by atoms with Gasteiger partial charge in [-0.1, -0.05) is 11.6 Å². The molecular weight excluding hydrogens is 305 g/mol. The van der Waals surface area contributed by atoms with Crippen LogP contribution in [0.4, 0.5) is 30.5 Å². The van der Waals surface area contributed by atoms with Crippen LogP contribution in [0.1, 0.15) is 12.5 Å². The number of hydrogen-bond donors (Lipinski definition) is 2. The molecule has 8 heteroatoms. The molecule has 2 rings (SSSR count). The molecule has 1 heterocycles. The van der Waals surface area contributed by atoms with E-state index in [0.29, 0.717) is 12.4 Å². The third-order valence-corrected chi connectivity index (χ3v) is 2.81. The lowest BCUT2D eigenvalue weighted by Gasteiger charge is -2.14. The highest BCUT2D eigenvalue weighted by atomic mass is 35.5. The second-order valence-corrected chi connectivity index (χ2v) is 4.57. The van der Waals surface area contributed by atoms with Crippen LogP contribution in [0.3, 0.4) is 0 Å². The summed E-state index contributed by atoms with van der Waals surface area (Å²) in [5.41, 5.74) is -0.966. The molecule has 0 aliphatic rings. The molecule has 0 unspecified atom stereocenters. The minimum atomic E-state index is -4.51. The number of nitrogens with zero attached hydrogens (tertiary/aromatic N) is 2. The minimum Gasteiger partial charge on any atom is -0.370 e. The second kappa shape index (κ2) is 6.17. The number of nitrogens with one attached hydrogen (secondary N) is 2. The van der Waals surface area contributed by atoms with Crippen LogP contribution in [0.5, 0.6) is 0 Å². The van der Waals surface area contributed by atoms with Crippen molar-refractivity contribution in [2.45, 2.75) is 13.1 Å². The summed E-state index contributed by atoms with van der Waals surface area (Å²) in [5.74, 6) is 0.784. The van der Waals surface area contributed by atoms with Crippen molar-refractivity contribution < 1.29 is 13.2 Å². The van der Waals surface area contributed by atoms with Crippen molar-refractivity contribution in [1.29, 1.82) is 0 Å². The Balaban J connectivity index is 2.33. The summed E-state index contributed by atoms with van der Waals surface area (Å²) in [6, 6.07) is 5.04. The summed E-state index contributed by atoms with van der Waals surface area (Å²) in [6.45, 7) is 2.53. The maximum absolute atomic E-state index is 13.0. The Kier molecular flexibility index (Phi) is 4.52. The van der Waals surface area contributed by atoms with Crippen LogP contribution < -0.4 is 10.6 Å². The first-order valence-corrected chi connectivity index (χ1v) is 6.47. The number of benzene rings is 1. The van der Waals surface area contributed by atoms with Crippen molar-refractivity contribution in [3.05, 3.63) is 41.2 Å². The smallest absolute Gasteiger partial charge is 0.370 e. The van der Waals surface area contributed by atoms with Crippen LogP contribution in [0.25, 0.3) is 0 Å². The zero-order valence-corrected chi connectivity index (χ0v) is 11.8. The Labute approximate surface area is 124 Å².